The molecule has 4 rings (SSSR count). The topological polar surface area (TPSA) is 72.6 Å². The minimum Gasteiger partial charge on any atom is -0.388 e. The summed E-state index contributed by atoms with van der Waals surface area (Å²) >= 11 is 0. The van der Waals surface area contributed by atoms with E-state index in [9.17, 15) is 5.11 Å². The van der Waals surface area contributed by atoms with Crippen LogP contribution in [0.15, 0.2) is 30.7 Å². The Hall–Kier alpha value is -1.96. The van der Waals surface area contributed by atoms with Crippen LogP contribution in [0.1, 0.15) is 6.04 Å². The molecule has 0 spiro atoms. The van der Waals surface area contributed by atoms with Crippen LogP contribution in [0.2, 0.25) is 0 Å². The van der Waals surface area contributed by atoms with Crippen LogP contribution in [-0.2, 0) is 9.47 Å². The Bertz CT molecular complexity index is 685. The zero-order valence-electron chi connectivity index (χ0n) is 13.2. The molecule has 4 atom stereocenters. The third-order valence-corrected chi connectivity index (χ3v) is 4.49. The van der Waals surface area contributed by atoms with Gasteiger partial charge in [-0.05, 0) is 12.1 Å². The van der Waals surface area contributed by atoms with Crippen molar-refractivity contribution in [2.24, 2.45) is 0 Å². The van der Waals surface area contributed by atoms with Crippen molar-refractivity contribution < 1.29 is 14.6 Å². The number of rotatable bonds is 3. The van der Waals surface area contributed by atoms with Crippen LogP contribution in [0.5, 0.6) is 0 Å². The maximum atomic E-state index is 9.89. The van der Waals surface area contributed by atoms with Crippen molar-refractivity contribution in [1.29, 1.82) is 0 Å². The average molecular weight is 316 g/mol. The summed E-state index contributed by atoms with van der Waals surface area (Å²) < 4.78 is 13.5. The van der Waals surface area contributed by atoms with E-state index in [1.807, 2.05) is 43.5 Å². The molecule has 0 amide bonds. The molecule has 0 aliphatic carbocycles. The third-order valence-electron chi connectivity index (χ3n) is 4.49. The molecular weight excluding hydrogens is 296 g/mol. The zero-order chi connectivity index (χ0) is 16.0. The largest absolute Gasteiger partial charge is 0.388 e. The molecule has 0 saturated carbocycles. The van der Waals surface area contributed by atoms with Gasteiger partial charge in [0.2, 0.25) is 0 Å². The van der Waals surface area contributed by atoms with Gasteiger partial charge in [-0.25, -0.2) is 9.97 Å². The molecule has 7 nitrogen and oxygen atoms in total. The summed E-state index contributed by atoms with van der Waals surface area (Å²) in [5.41, 5.74) is 0.947. The van der Waals surface area contributed by atoms with Crippen LogP contribution >= 0.6 is 0 Å². The predicted molar refractivity (Wildman–Crippen MR) is 84.3 cm³/mol. The van der Waals surface area contributed by atoms with Crippen LogP contribution in [0, 0.1) is 0 Å². The van der Waals surface area contributed by atoms with Crippen molar-refractivity contribution in [3.63, 3.8) is 0 Å². The molecule has 0 radical (unpaired) electrons. The van der Waals surface area contributed by atoms with E-state index in [0.29, 0.717) is 13.2 Å². The highest BCUT2D eigenvalue weighted by Crippen LogP contribution is 2.36. The van der Waals surface area contributed by atoms with Crippen molar-refractivity contribution in [3.8, 4) is 11.4 Å². The lowest BCUT2D eigenvalue weighted by Crippen LogP contribution is -2.30. The molecule has 1 N–H and O–H groups in total. The van der Waals surface area contributed by atoms with Gasteiger partial charge in [-0.15, -0.1) is 0 Å². The standard InChI is InChI=1S/C16H20N4O3/c1-19(2)13-4-3-10(7-18-13)16-17-5-6-20(16)11-8-22-15-12(21)9-23-14(11)15/h3-7,11-12,14-15,21H,8-9H2,1-2H3/t11-,12+,14+,15+/m0/s1. The SMILES string of the molecule is CN(C)c1ccc(-c2nccn2[C@H]2CO[C@H]3[C@@H]2OC[C@H]3O)cn1. The average Bonchev–Trinajstić information content (AvgIpc) is 3.25. The molecule has 2 aromatic rings. The van der Waals surface area contributed by atoms with Gasteiger partial charge < -0.3 is 24.0 Å². The zero-order valence-corrected chi connectivity index (χ0v) is 13.2. The van der Waals surface area contributed by atoms with E-state index >= 15 is 0 Å². The first-order valence-electron chi connectivity index (χ1n) is 7.73. The second kappa shape index (κ2) is 5.59. The molecule has 2 fully saturated rings. The molecule has 4 heterocycles. The molecule has 2 saturated heterocycles. The van der Waals surface area contributed by atoms with Gasteiger partial charge in [-0.2, -0.15) is 0 Å². The second-order valence-electron chi connectivity index (χ2n) is 6.19. The van der Waals surface area contributed by atoms with E-state index in [-0.39, 0.29) is 18.2 Å². The molecule has 0 bridgehead atoms. The summed E-state index contributed by atoms with van der Waals surface area (Å²) in [6, 6.07) is 4.00. The number of aliphatic hydroxyl groups is 1. The molecule has 2 aliphatic rings. The number of ether oxygens (including phenoxy) is 2. The number of imidazole rings is 1. The number of aliphatic hydroxyl groups excluding tert-OH is 1. The lowest BCUT2D eigenvalue weighted by molar-refractivity contribution is 0.0172. The van der Waals surface area contributed by atoms with Crippen LogP contribution in [0.4, 0.5) is 5.82 Å². The van der Waals surface area contributed by atoms with Crippen molar-refractivity contribution in [2.45, 2.75) is 24.4 Å². The summed E-state index contributed by atoms with van der Waals surface area (Å²) in [5.74, 6) is 1.74. The second-order valence-corrected chi connectivity index (χ2v) is 6.19. The quantitative estimate of drug-likeness (QED) is 0.899. The third kappa shape index (κ3) is 2.41. The Morgan fingerprint density at radius 1 is 1.17 bits per heavy atom. The maximum absolute atomic E-state index is 9.89. The van der Waals surface area contributed by atoms with Crippen molar-refractivity contribution in [1.82, 2.24) is 14.5 Å². The minimum atomic E-state index is -0.544. The highest BCUT2D eigenvalue weighted by molar-refractivity contribution is 5.57. The summed E-state index contributed by atoms with van der Waals surface area (Å²) in [4.78, 5) is 10.9. The van der Waals surface area contributed by atoms with E-state index in [2.05, 4.69) is 14.5 Å². The molecule has 2 aliphatic heterocycles. The fourth-order valence-corrected chi connectivity index (χ4v) is 3.28. The lowest BCUT2D eigenvalue weighted by Gasteiger charge is -2.20. The fourth-order valence-electron chi connectivity index (χ4n) is 3.28. The Morgan fingerprint density at radius 2 is 2.00 bits per heavy atom. The Labute approximate surface area is 134 Å². The Balaban J connectivity index is 1.64. The van der Waals surface area contributed by atoms with Crippen LogP contribution in [-0.4, -0.2) is 65.3 Å². The molecule has 7 heteroatoms. The molecule has 2 aromatic heterocycles. The van der Waals surface area contributed by atoms with Crippen LogP contribution < -0.4 is 4.90 Å². The van der Waals surface area contributed by atoms with E-state index in [1.165, 1.54) is 0 Å². The van der Waals surface area contributed by atoms with Gasteiger partial charge >= 0.3 is 0 Å². The van der Waals surface area contributed by atoms with Gasteiger partial charge in [-0.3, -0.25) is 0 Å². The predicted octanol–water partition coefficient (Wildman–Crippen LogP) is 0.711. The smallest absolute Gasteiger partial charge is 0.141 e. The summed E-state index contributed by atoms with van der Waals surface area (Å²) in [5, 5.41) is 9.89. The number of hydrogen-bond donors (Lipinski definition) is 1. The molecule has 23 heavy (non-hydrogen) atoms. The van der Waals surface area contributed by atoms with Crippen molar-refractivity contribution >= 4 is 5.82 Å². The Kier molecular flexibility index (Phi) is 3.56. The molecule has 0 unspecified atom stereocenters. The monoisotopic (exact) mass is 316 g/mol. The summed E-state index contributed by atoms with van der Waals surface area (Å²) in [7, 11) is 3.92. The molecule has 0 aromatic carbocycles. The van der Waals surface area contributed by atoms with Crippen LogP contribution in [0.25, 0.3) is 11.4 Å². The van der Waals surface area contributed by atoms with E-state index in [1.54, 1.807) is 6.20 Å². The van der Waals surface area contributed by atoms with Gasteiger partial charge in [0.15, 0.2) is 0 Å². The molecular formula is C16H20N4O3. The number of pyridine rings is 1. The highest BCUT2D eigenvalue weighted by Gasteiger charge is 2.48. The van der Waals surface area contributed by atoms with Crippen molar-refractivity contribution in [3.05, 3.63) is 30.7 Å². The lowest BCUT2D eigenvalue weighted by atomic mass is 10.1. The Morgan fingerprint density at radius 3 is 2.74 bits per heavy atom. The molecule has 122 valence electrons. The maximum Gasteiger partial charge on any atom is 0.141 e. The summed E-state index contributed by atoms with van der Waals surface area (Å²) in [6.07, 6.45) is 4.61. The van der Waals surface area contributed by atoms with Gasteiger partial charge in [0.1, 0.15) is 30.0 Å². The van der Waals surface area contributed by atoms with Crippen molar-refractivity contribution in [2.75, 3.05) is 32.2 Å². The first-order chi connectivity index (χ1) is 11.1. The van der Waals surface area contributed by atoms with Gasteiger partial charge in [0, 0.05) is 38.2 Å². The number of nitrogens with zero attached hydrogens (tertiary/aromatic N) is 4. The number of anilines is 1. The first-order valence-corrected chi connectivity index (χ1v) is 7.73. The minimum absolute atomic E-state index is 0.0168. The highest BCUT2D eigenvalue weighted by atomic mass is 16.6. The van der Waals surface area contributed by atoms with Crippen LogP contribution in [0.3, 0.4) is 0 Å². The number of aromatic nitrogens is 3. The number of hydrogen-bond acceptors (Lipinski definition) is 6. The normalized spacial score (nSPS) is 29.7. The van der Waals surface area contributed by atoms with E-state index < -0.39 is 6.10 Å². The van der Waals surface area contributed by atoms with Gasteiger partial charge in [0.05, 0.1) is 19.3 Å². The summed E-state index contributed by atoms with van der Waals surface area (Å²) in [6.45, 7) is 0.841. The van der Waals surface area contributed by atoms with Gasteiger partial charge in [0.25, 0.3) is 0 Å². The van der Waals surface area contributed by atoms with Gasteiger partial charge in [-0.1, -0.05) is 0 Å². The van der Waals surface area contributed by atoms with E-state index in [4.69, 9.17) is 9.47 Å². The van der Waals surface area contributed by atoms with E-state index in [0.717, 1.165) is 17.2 Å². The first kappa shape index (κ1) is 14.6. The number of fused-ring (bicyclic) bond motifs is 1. The fraction of sp³-hybridized carbons (Fsp3) is 0.500.